The lowest BCUT2D eigenvalue weighted by Gasteiger charge is -2.39. The first-order valence-corrected chi connectivity index (χ1v) is 9.63. The van der Waals surface area contributed by atoms with E-state index in [2.05, 4.69) is 6.92 Å². The number of halogens is 1. The van der Waals surface area contributed by atoms with Gasteiger partial charge in [0.05, 0.1) is 6.04 Å². The summed E-state index contributed by atoms with van der Waals surface area (Å²) < 4.78 is 25.4. The Balaban J connectivity index is 2.21. The highest BCUT2D eigenvalue weighted by atomic mass is 19.1. The molecular weight excluding hydrogens is 347 g/mol. The van der Waals surface area contributed by atoms with Crippen LogP contribution < -0.4 is 4.74 Å². The minimum absolute atomic E-state index is 0.132. The lowest BCUT2D eigenvalue weighted by molar-refractivity contribution is 0.00359. The summed E-state index contributed by atoms with van der Waals surface area (Å²) in [5.41, 5.74) is 0.333. The maximum atomic E-state index is 14.2. The Bertz CT molecular complexity index is 643. The molecule has 6 heteroatoms. The highest BCUT2D eigenvalue weighted by Crippen LogP contribution is 2.36. The number of likely N-dealkylation sites (tertiary alicyclic amines) is 1. The standard InChI is InChI=1S/C21H33FN2O3/c1-15-7-10-18(24(14-15)20(25)27-21(2,3)4)16-8-9-17(22)19(13-16)26-12-11-23(5)6/h8-9,13,15,18H,7,10-12,14H2,1-6H3/t15-,18-/m0/s1. The van der Waals surface area contributed by atoms with Gasteiger partial charge in [-0.1, -0.05) is 13.0 Å². The third-order valence-electron chi connectivity index (χ3n) is 4.58. The van der Waals surface area contributed by atoms with Crippen LogP contribution in [0.3, 0.4) is 0 Å². The van der Waals surface area contributed by atoms with Crippen molar-refractivity contribution in [2.45, 2.75) is 52.2 Å². The molecule has 1 amide bonds. The van der Waals surface area contributed by atoms with E-state index in [9.17, 15) is 9.18 Å². The Kier molecular flexibility index (Phi) is 7.09. The van der Waals surface area contributed by atoms with E-state index in [1.807, 2.05) is 39.8 Å². The van der Waals surface area contributed by atoms with Crippen LogP contribution in [0.15, 0.2) is 18.2 Å². The molecule has 152 valence electrons. The molecule has 2 atom stereocenters. The predicted octanol–water partition coefficient (Wildman–Crippen LogP) is 4.47. The van der Waals surface area contributed by atoms with Gasteiger partial charge in [0.1, 0.15) is 12.2 Å². The number of piperidine rings is 1. The molecule has 0 radical (unpaired) electrons. The molecule has 1 aromatic carbocycles. The molecule has 0 spiro atoms. The van der Waals surface area contributed by atoms with Crippen molar-refractivity contribution in [1.29, 1.82) is 0 Å². The minimum Gasteiger partial charge on any atom is -0.489 e. The van der Waals surface area contributed by atoms with Gasteiger partial charge in [-0.3, -0.25) is 0 Å². The number of ether oxygens (including phenoxy) is 2. The third kappa shape index (κ3) is 6.38. The first-order chi connectivity index (χ1) is 12.6. The van der Waals surface area contributed by atoms with Crippen LogP contribution >= 0.6 is 0 Å². The van der Waals surface area contributed by atoms with Crippen molar-refractivity contribution in [2.24, 2.45) is 5.92 Å². The van der Waals surface area contributed by atoms with E-state index in [-0.39, 0.29) is 23.7 Å². The van der Waals surface area contributed by atoms with Crippen LogP contribution in [0.5, 0.6) is 5.75 Å². The predicted molar refractivity (Wildman–Crippen MR) is 105 cm³/mol. The van der Waals surface area contributed by atoms with Gasteiger partial charge in [0.15, 0.2) is 11.6 Å². The quantitative estimate of drug-likeness (QED) is 0.756. The fourth-order valence-corrected chi connectivity index (χ4v) is 3.20. The number of hydrogen-bond acceptors (Lipinski definition) is 4. The van der Waals surface area contributed by atoms with Crippen LogP contribution in [-0.4, -0.2) is 55.3 Å². The van der Waals surface area contributed by atoms with Crippen LogP contribution in [-0.2, 0) is 4.74 Å². The molecule has 1 saturated heterocycles. The van der Waals surface area contributed by atoms with E-state index >= 15 is 0 Å². The molecule has 1 heterocycles. The Labute approximate surface area is 162 Å². The Morgan fingerprint density at radius 3 is 2.63 bits per heavy atom. The van der Waals surface area contributed by atoms with Crippen molar-refractivity contribution in [2.75, 3.05) is 33.8 Å². The number of carbonyl (C=O) groups excluding carboxylic acids is 1. The van der Waals surface area contributed by atoms with Crippen LogP contribution in [0.1, 0.15) is 52.1 Å². The van der Waals surface area contributed by atoms with E-state index in [1.165, 1.54) is 6.07 Å². The van der Waals surface area contributed by atoms with E-state index in [4.69, 9.17) is 9.47 Å². The molecule has 1 aromatic rings. The van der Waals surface area contributed by atoms with Crippen molar-refractivity contribution >= 4 is 6.09 Å². The highest BCUT2D eigenvalue weighted by Gasteiger charge is 2.34. The molecule has 1 aliphatic rings. The molecule has 0 unspecified atom stereocenters. The second-order valence-electron chi connectivity index (χ2n) is 8.67. The third-order valence-corrected chi connectivity index (χ3v) is 4.58. The van der Waals surface area contributed by atoms with Crippen LogP contribution in [0.2, 0.25) is 0 Å². The summed E-state index contributed by atoms with van der Waals surface area (Å²) in [6, 6.07) is 4.76. The maximum absolute atomic E-state index is 14.2. The van der Waals surface area contributed by atoms with Crippen molar-refractivity contribution in [3.05, 3.63) is 29.6 Å². The smallest absolute Gasteiger partial charge is 0.410 e. The van der Waals surface area contributed by atoms with Gasteiger partial charge >= 0.3 is 6.09 Å². The van der Waals surface area contributed by atoms with E-state index in [0.717, 1.165) is 18.4 Å². The summed E-state index contributed by atoms with van der Waals surface area (Å²) in [5.74, 6) is 0.257. The fraction of sp³-hybridized carbons (Fsp3) is 0.667. The Hall–Kier alpha value is -1.82. The highest BCUT2D eigenvalue weighted by molar-refractivity contribution is 5.69. The van der Waals surface area contributed by atoms with Crippen molar-refractivity contribution in [3.8, 4) is 5.75 Å². The molecule has 0 N–H and O–H groups in total. The number of hydrogen-bond donors (Lipinski definition) is 0. The average Bonchev–Trinajstić information content (AvgIpc) is 2.55. The summed E-state index contributed by atoms with van der Waals surface area (Å²) in [7, 11) is 3.89. The van der Waals surface area contributed by atoms with Crippen LogP contribution in [0, 0.1) is 11.7 Å². The molecule has 1 aliphatic heterocycles. The monoisotopic (exact) mass is 380 g/mol. The number of nitrogens with zero attached hydrogens (tertiary/aromatic N) is 2. The van der Waals surface area contributed by atoms with Crippen LogP contribution in [0.25, 0.3) is 0 Å². The molecule has 1 fully saturated rings. The minimum atomic E-state index is -0.550. The van der Waals surface area contributed by atoms with Gasteiger partial charge in [0.2, 0.25) is 0 Å². The Morgan fingerprint density at radius 1 is 1.30 bits per heavy atom. The van der Waals surface area contributed by atoms with E-state index < -0.39 is 5.60 Å². The van der Waals surface area contributed by atoms with Gasteiger partial charge in [0.25, 0.3) is 0 Å². The van der Waals surface area contributed by atoms with E-state index in [1.54, 1.807) is 17.0 Å². The number of amides is 1. The van der Waals surface area contributed by atoms with Gasteiger partial charge in [-0.2, -0.15) is 0 Å². The normalized spacial score (nSPS) is 20.7. The van der Waals surface area contributed by atoms with Gasteiger partial charge in [0, 0.05) is 13.1 Å². The molecule has 0 saturated carbocycles. The fourth-order valence-electron chi connectivity index (χ4n) is 3.20. The summed E-state index contributed by atoms with van der Waals surface area (Å²) in [4.78, 5) is 16.5. The summed E-state index contributed by atoms with van der Waals surface area (Å²) in [6.45, 7) is 9.47. The van der Waals surface area contributed by atoms with Gasteiger partial charge < -0.3 is 19.3 Å². The number of rotatable bonds is 5. The van der Waals surface area contributed by atoms with Gasteiger partial charge in [-0.15, -0.1) is 0 Å². The largest absolute Gasteiger partial charge is 0.489 e. The lowest BCUT2D eigenvalue weighted by atomic mass is 9.90. The maximum Gasteiger partial charge on any atom is 0.410 e. The topological polar surface area (TPSA) is 42.0 Å². The average molecular weight is 381 g/mol. The van der Waals surface area contributed by atoms with Gasteiger partial charge in [-0.05, 0) is 71.3 Å². The molecule has 0 aromatic heterocycles. The van der Waals surface area contributed by atoms with Gasteiger partial charge in [-0.25, -0.2) is 9.18 Å². The van der Waals surface area contributed by atoms with Crippen molar-refractivity contribution in [1.82, 2.24) is 9.80 Å². The number of likely N-dealkylation sites (N-methyl/N-ethyl adjacent to an activating group) is 1. The second kappa shape index (κ2) is 8.91. The first kappa shape index (κ1) is 21.5. The number of carbonyl (C=O) groups is 1. The number of benzene rings is 1. The SMILES string of the molecule is C[C@H]1CC[C@@H](c2ccc(F)c(OCCN(C)C)c2)N(C(=O)OC(C)(C)C)C1. The summed E-state index contributed by atoms with van der Waals surface area (Å²) in [6.07, 6.45) is 1.51. The zero-order valence-corrected chi connectivity index (χ0v) is 17.4. The van der Waals surface area contributed by atoms with Crippen molar-refractivity contribution in [3.63, 3.8) is 0 Å². The second-order valence-corrected chi connectivity index (χ2v) is 8.67. The lowest BCUT2D eigenvalue weighted by Crippen LogP contribution is -2.44. The molecule has 0 bridgehead atoms. The van der Waals surface area contributed by atoms with E-state index in [0.29, 0.717) is 25.6 Å². The zero-order valence-electron chi connectivity index (χ0n) is 17.4. The first-order valence-electron chi connectivity index (χ1n) is 9.63. The Morgan fingerprint density at radius 2 is 2.00 bits per heavy atom. The molecule has 5 nitrogen and oxygen atoms in total. The molecule has 2 rings (SSSR count). The summed E-state index contributed by atoms with van der Waals surface area (Å²) in [5, 5.41) is 0. The molecule has 27 heavy (non-hydrogen) atoms. The van der Waals surface area contributed by atoms with Crippen molar-refractivity contribution < 1.29 is 18.7 Å². The molecule has 0 aliphatic carbocycles. The molecular formula is C21H33FN2O3. The van der Waals surface area contributed by atoms with Crippen LogP contribution in [0.4, 0.5) is 9.18 Å². The summed E-state index contributed by atoms with van der Waals surface area (Å²) >= 11 is 0. The zero-order chi connectivity index (χ0) is 20.2.